The molecule has 3 rings (SSSR count). The molecule has 0 unspecified atom stereocenters. The number of ketones is 1. The monoisotopic (exact) mass is 355 g/mol. The second-order valence-electron chi connectivity index (χ2n) is 5.59. The third kappa shape index (κ3) is 4.06. The number of halogens is 1. The minimum atomic E-state index is -0.0526. The van der Waals surface area contributed by atoms with Gasteiger partial charge in [-0.1, -0.05) is 23.7 Å². The van der Waals surface area contributed by atoms with Gasteiger partial charge in [0.25, 0.3) is 0 Å². The first-order valence-corrected chi connectivity index (χ1v) is 8.36. The molecule has 0 spiro atoms. The SMILES string of the molecule is CCOc1ncc(Cn2ccc(C(C)=O)n2)cc1-c1cccc(Cl)c1. The molecule has 0 amide bonds. The summed E-state index contributed by atoms with van der Waals surface area (Å²) < 4.78 is 7.37. The Hall–Kier alpha value is -2.66. The molecule has 5 nitrogen and oxygen atoms in total. The summed E-state index contributed by atoms with van der Waals surface area (Å²) in [4.78, 5) is 15.8. The fraction of sp³-hybridized carbons (Fsp3) is 0.211. The molecule has 1 aromatic carbocycles. The van der Waals surface area contributed by atoms with Crippen LogP contribution in [0.15, 0.2) is 48.8 Å². The summed E-state index contributed by atoms with van der Waals surface area (Å²) in [5.74, 6) is 0.515. The van der Waals surface area contributed by atoms with E-state index in [2.05, 4.69) is 10.1 Å². The molecule has 2 heterocycles. The molecule has 2 aromatic heterocycles. The van der Waals surface area contributed by atoms with Crippen molar-refractivity contribution in [3.8, 4) is 17.0 Å². The molecule has 0 saturated carbocycles. The van der Waals surface area contributed by atoms with Crippen molar-refractivity contribution in [3.63, 3.8) is 0 Å². The lowest BCUT2D eigenvalue weighted by atomic mass is 10.1. The van der Waals surface area contributed by atoms with E-state index >= 15 is 0 Å². The lowest BCUT2D eigenvalue weighted by Crippen LogP contribution is -2.04. The predicted octanol–water partition coefficient (Wildman–Crippen LogP) is 4.25. The highest BCUT2D eigenvalue weighted by Gasteiger charge is 2.11. The van der Waals surface area contributed by atoms with Crippen LogP contribution < -0.4 is 4.74 Å². The number of hydrogen-bond donors (Lipinski definition) is 0. The molecule has 3 aromatic rings. The molecule has 0 aliphatic heterocycles. The van der Waals surface area contributed by atoms with Gasteiger partial charge in [0.15, 0.2) is 5.78 Å². The zero-order valence-corrected chi connectivity index (χ0v) is 14.8. The number of ether oxygens (including phenoxy) is 1. The van der Waals surface area contributed by atoms with Crippen LogP contribution in [0.4, 0.5) is 0 Å². The van der Waals surface area contributed by atoms with Gasteiger partial charge < -0.3 is 4.74 Å². The topological polar surface area (TPSA) is 57.0 Å². The molecular weight excluding hydrogens is 338 g/mol. The van der Waals surface area contributed by atoms with Gasteiger partial charge in [-0.3, -0.25) is 9.48 Å². The first-order chi connectivity index (χ1) is 12.1. The van der Waals surface area contributed by atoms with E-state index in [1.807, 2.05) is 37.3 Å². The minimum Gasteiger partial charge on any atom is -0.478 e. The smallest absolute Gasteiger partial charge is 0.221 e. The standard InChI is InChI=1S/C19H18ClN3O2/c1-3-25-19-17(15-5-4-6-16(20)10-15)9-14(11-21-19)12-23-8-7-18(22-23)13(2)24/h4-11H,3,12H2,1-2H3. The average molecular weight is 356 g/mol. The van der Waals surface area contributed by atoms with E-state index < -0.39 is 0 Å². The number of aromatic nitrogens is 3. The van der Waals surface area contributed by atoms with Crippen LogP contribution in [0.5, 0.6) is 5.88 Å². The maximum Gasteiger partial charge on any atom is 0.221 e. The van der Waals surface area contributed by atoms with Gasteiger partial charge >= 0.3 is 0 Å². The normalized spacial score (nSPS) is 10.7. The van der Waals surface area contributed by atoms with E-state index in [9.17, 15) is 4.79 Å². The van der Waals surface area contributed by atoms with Crippen molar-refractivity contribution in [2.45, 2.75) is 20.4 Å². The number of rotatable bonds is 6. The lowest BCUT2D eigenvalue weighted by molar-refractivity contribution is 0.101. The first-order valence-electron chi connectivity index (χ1n) is 7.99. The van der Waals surface area contributed by atoms with E-state index in [0.29, 0.717) is 29.7 Å². The number of benzene rings is 1. The Bertz CT molecular complexity index is 905. The van der Waals surface area contributed by atoms with Crippen molar-refractivity contribution in [2.75, 3.05) is 6.61 Å². The van der Waals surface area contributed by atoms with Crippen LogP contribution in [-0.2, 0) is 6.54 Å². The number of Topliss-reactive ketones (excluding diaryl/α,β-unsaturated/α-hetero) is 1. The average Bonchev–Trinajstić information content (AvgIpc) is 3.05. The molecule has 0 aliphatic carbocycles. The van der Waals surface area contributed by atoms with Gasteiger partial charge in [-0.25, -0.2) is 4.98 Å². The second kappa shape index (κ2) is 7.49. The molecule has 0 radical (unpaired) electrons. The van der Waals surface area contributed by atoms with Crippen molar-refractivity contribution in [1.29, 1.82) is 0 Å². The zero-order chi connectivity index (χ0) is 17.8. The highest BCUT2D eigenvalue weighted by Crippen LogP contribution is 2.31. The highest BCUT2D eigenvalue weighted by molar-refractivity contribution is 6.30. The van der Waals surface area contributed by atoms with E-state index in [1.165, 1.54) is 6.92 Å². The van der Waals surface area contributed by atoms with Crippen LogP contribution in [0.3, 0.4) is 0 Å². The van der Waals surface area contributed by atoms with E-state index in [4.69, 9.17) is 16.3 Å². The van der Waals surface area contributed by atoms with Crippen LogP contribution >= 0.6 is 11.6 Å². The molecule has 25 heavy (non-hydrogen) atoms. The van der Waals surface area contributed by atoms with Gasteiger partial charge in [0.2, 0.25) is 5.88 Å². The predicted molar refractivity (Wildman–Crippen MR) is 97.2 cm³/mol. The molecular formula is C19H18ClN3O2. The summed E-state index contributed by atoms with van der Waals surface area (Å²) in [6, 6.07) is 11.3. The Labute approximate surface area is 151 Å². The number of carbonyl (C=O) groups excluding carboxylic acids is 1. The van der Waals surface area contributed by atoms with Gasteiger partial charge in [-0.05, 0) is 42.3 Å². The maximum atomic E-state index is 11.4. The molecule has 0 N–H and O–H groups in total. The minimum absolute atomic E-state index is 0.0526. The molecule has 0 fully saturated rings. The summed E-state index contributed by atoms with van der Waals surface area (Å²) >= 11 is 6.12. The van der Waals surface area contributed by atoms with Crippen molar-refractivity contribution in [2.24, 2.45) is 0 Å². The Morgan fingerprint density at radius 3 is 2.80 bits per heavy atom. The number of hydrogen-bond acceptors (Lipinski definition) is 4. The van der Waals surface area contributed by atoms with E-state index in [0.717, 1.165) is 16.7 Å². The van der Waals surface area contributed by atoms with Gasteiger partial charge in [0, 0.05) is 29.9 Å². The van der Waals surface area contributed by atoms with E-state index in [-0.39, 0.29) is 5.78 Å². The summed E-state index contributed by atoms with van der Waals surface area (Å²) in [6.07, 6.45) is 3.54. The van der Waals surface area contributed by atoms with E-state index in [1.54, 1.807) is 23.1 Å². The quantitative estimate of drug-likeness (QED) is 0.620. The summed E-state index contributed by atoms with van der Waals surface area (Å²) in [6.45, 7) is 4.47. The van der Waals surface area contributed by atoms with Crippen LogP contribution in [0.25, 0.3) is 11.1 Å². The number of carbonyl (C=O) groups is 1. The Kier molecular flexibility index (Phi) is 5.14. The highest BCUT2D eigenvalue weighted by atomic mass is 35.5. The maximum absolute atomic E-state index is 11.4. The van der Waals surface area contributed by atoms with Crippen LogP contribution in [0, 0.1) is 0 Å². The number of pyridine rings is 1. The fourth-order valence-electron chi connectivity index (χ4n) is 2.52. The molecule has 0 bridgehead atoms. The van der Waals surface area contributed by atoms with Crippen LogP contribution in [0.2, 0.25) is 5.02 Å². The van der Waals surface area contributed by atoms with Crippen LogP contribution in [-0.4, -0.2) is 27.2 Å². The Balaban J connectivity index is 1.95. The van der Waals surface area contributed by atoms with Gasteiger partial charge in [-0.15, -0.1) is 0 Å². The third-order valence-electron chi connectivity index (χ3n) is 3.67. The second-order valence-corrected chi connectivity index (χ2v) is 6.03. The molecule has 0 saturated heterocycles. The summed E-state index contributed by atoms with van der Waals surface area (Å²) in [5.41, 5.74) is 3.22. The molecule has 0 atom stereocenters. The van der Waals surface area contributed by atoms with Gasteiger partial charge in [-0.2, -0.15) is 5.10 Å². The zero-order valence-electron chi connectivity index (χ0n) is 14.1. The Morgan fingerprint density at radius 1 is 1.28 bits per heavy atom. The van der Waals surface area contributed by atoms with Crippen molar-refractivity contribution in [3.05, 3.63) is 65.1 Å². The molecule has 6 heteroatoms. The van der Waals surface area contributed by atoms with Crippen molar-refractivity contribution < 1.29 is 9.53 Å². The fourth-order valence-corrected chi connectivity index (χ4v) is 2.71. The van der Waals surface area contributed by atoms with Crippen molar-refractivity contribution >= 4 is 17.4 Å². The largest absolute Gasteiger partial charge is 0.478 e. The van der Waals surface area contributed by atoms with Gasteiger partial charge in [0.05, 0.1) is 13.2 Å². The summed E-state index contributed by atoms with van der Waals surface area (Å²) in [5, 5.41) is 4.92. The van der Waals surface area contributed by atoms with Crippen molar-refractivity contribution in [1.82, 2.24) is 14.8 Å². The first kappa shape index (κ1) is 17.2. The number of nitrogens with zero attached hydrogens (tertiary/aromatic N) is 3. The van der Waals surface area contributed by atoms with Gasteiger partial charge in [0.1, 0.15) is 5.69 Å². The third-order valence-corrected chi connectivity index (χ3v) is 3.91. The van der Waals surface area contributed by atoms with Crippen LogP contribution in [0.1, 0.15) is 29.9 Å². The Morgan fingerprint density at radius 2 is 2.12 bits per heavy atom. The lowest BCUT2D eigenvalue weighted by Gasteiger charge is -2.12. The summed E-state index contributed by atoms with van der Waals surface area (Å²) in [7, 11) is 0. The molecule has 0 aliphatic rings. The molecule has 128 valence electrons.